The standard InChI is InChI=1S/C30H39N5O7/c1-19(2)27-30(40)32-15-16-42-24-8-6-5-7-22(24)28(38)33-23(17-26(37)35(3)18-25(36)34-27)29(39)31-14-13-20-9-11-21(41-4)12-10-20/h5-12,19,23,27H,13-18H2,1-4H3,(H,31,39)(H,32,40)(H,33,38)(H,34,36)/t23-,27+/m0/s1. The van der Waals surface area contributed by atoms with Crippen molar-refractivity contribution in [2.75, 3.05) is 40.4 Å². The third-order valence-electron chi connectivity index (χ3n) is 6.74. The van der Waals surface area contributed by atoms with Crippen LogP contribution >= 0.6 is 0 Å². The number of ether oxygens (including phenoxy) is 2. The van der Waals surface area contributed by atoms with Gasteiger partial charge in [-0.25, -0.2) is 0 Å². The average molecular weight is 582 g/mol. The Morgan fingerprint density at radius 2 is 1.79 bits per heavy atom. The van der Waals surface area contributed by atoms with Crippen LogP contribution in [0.2, 0.25) is 0 Å². The molecular formula is C30H39N5O7. The van der Waals surface area contributed by atoms with Crippen molar-refractivity contribution in [2.24, 2.45) is 5.92 Å². The Bertz CT molecular complexity index is 1260. The molecule has 12 heteroatoms. The third kappa shape index (κ3) is 9.22. The second-order valence-corrected chi connectivity index (χ2v) is 10.3. The van der Waals surface area contributed by atoms with Gasteiger partial charge in [-0.05, 0) is 42.2 Å². The predicted molar refractivity (Wildman–Crippen MR) is 155 cm³/mol. The molecule has 226 valence electrons. The molecule has 3 rings (SSSR count). The van der Waals surface area contributed by atoms with E-state index in [1.54, 1.807) is 45.2 Å². The van der Waals surface area contributed by atoms with Gasteiger partial charge in [0.15, 0.2) is 0 Å². The summed E-state index contributed by atoms with van der Waals surface area (Å²) in [6, 6.07) is 11.9. The third-order valence-corrected chi connectivity index (χ3v) is 6.74. The van der Waals surface area contributed by atoms with Crippen LogP contribution in [-0.2, 0) is 25.6 Å². The lowest BCUT2D eigenvalue weighted by Crippen LogP contribution is -2.53. The molecule has 0 aromatic heterocycles. The summed E-state index contributed by atoms with van der Waals surface area (Å²) in [5.41, 5.74) is 1.14. The number of fused-ring (bicyclic) bond motifs is 1. The maximum Gasteiger partial charge on any atom is 0.255 e. The van der Waals surface area contributed by atoms with Gasteiger partial charge in [0.1, 0.15) is 30.2 Å². The summed E-state index contributed by atoms with van der Waals surface area (Å²) in [4.78, 5) is 66.2. The number of hydrogen-bond donors (Lipinski definition) is 4. The number of rotatable bonds is 6. The summed E-state index contributed by atoms with van der Waals surface area (Å²) in [6.07, 6.45) is 0.131. The fourth-order valence-corrected chi connectivity index (χ4v) is 4.30. The van der Waals surface area contributed by atoms with Gasteiger partial charge in [0, 0.05) is 13.6 Å². The summed E-state index contributed by atoms with van der Waals surface area (Å²) < 4.78 is 10.9. The topological polar surface area (TPSA) is 155 Å². The highest BCUT2D eigenvalue weighted by Crippen LogP contribution is 2.18. The first-order valence-electron chi connectivity index (χ1n) is 13.8. The maximum atomic E-state index is 13.3. The van der Waals surface area contributed by atoms with E-state index in [4.69, 9.17) is 9.47 Å². The van der Waals surface area contributed by atoms with Crippen LogP contribution in [-0.4, -0.2) is 86.9 Å². The molecule has 0 fully saturated rings. The van der Waals surface area contributed by atoms with Gasteiger partial charge in [0.2, 0.25) is 23.6 Å². The Hall–Kier alpha value is -4.61. The summed E-state index contributed by atoms with van der Waals surface area (Å²) in [7, 11) is 3.00. The fourth-order valence-electron chi connectivity index (χ4n) is 4.30. The summed E-state index contributed by atoms with van der Waals surface area (Å²) in [5, 5.41) is 10.9. The molecule has 0 aliphatic carbocycles. The van der Waals surface area contributed by atoms with Gasteiger partial charge in [-0.2, -0.15) is 0 Å². The zero-order valence-corrected chi connectivity index (χ0v) is 24.4. The van der Waals surface area contributed by atoms with E-state index in [-0.39, 0.29) is 49.9 Å². The Balaban J connectivity index is 1.80. The van der Waals surface area contributed by atoms with Gasteiger partial charge in [-0.1, -0.05) is 38.1 Å². The van der Waals surface area contributed by atoms with Crippen molar-refractivity contribution in [3.63, 3.8) is 0 Å². The minimum Gasteiger partial charge on any atom is -0.497 e. The molecule has 2 aromatic carbocycles. The van der Waals surface area contributed by atoms with Crippen molar-refractivity contribution < 1.29 is 33.4 Å². The molecular weight excluding hydrogens is 542 g/mol. The van der Waals surface area contributed by atoms with Crippen molar-refractivity contribution in [1.82, 2.24) is 26.2 Å². The number of amides is 5. The number of likely N-dealkylation sites (N-methyl/N-ethyl adjacent to an activating group) is 1. The SMILES string of the molecule is COc1ccc(CCNC(=O)[C@@H]2CC(=O)N(C)CC(=O)N[C@H](C(C)C)C(=O)NCCOc3ccccc3C(=O)N2)cc1. The van der Waals surface area contributed by atoms with E-state index < -0.39 is 41.6 Å². The molecule has 0 saturated carbocycles. The minimum absolute atomic E-state index is 0.0608. The number of para-hydroxylation sites is 1. The molecule has 0 radical (unpaired) electrons. The first-order chi connectivity index (χ1) is 20.1. The molecule has 2 atom stereocenters. The first kappa shape index (κ1) is 31.9. The van der Waals surface area contributed by atoms with E-state index in [0.717, 1.165) is 16.2 Å². The number of nitrogens with zero attached hydrogens (tertiary/aromatic N) is 1. The highest BCUT2D eigenvalue weighted by Gasteiger charge is 2.29. The van der Waals surface area contributed by atoms with Crippen LogP contribution in [0.1, 0.15) is 36.2 Å². The van der Waals surface area contributed by atoms with E-state index in [1.165, 1.54) is 7.05 Å². The molecule has 1 heterocycles. The van der Waals surface area contributed by atoms with Crippen LogP contribution in [0.5, 0.6) is 11.5 Å². The Morgan fingerprint density at radius 3 is 2.48 bits per heavy atom. The lowest BCUT2D eigenvalue weighted by Gasteiger charge is -2.24. The molecule has 0 saturated heterocycles. The van der Waals surface area contributed by atoms with Gasteiger partial charge >= 0.3 is 0 Å². The Labute approximate surface area is 245 Å². The second kappa shape index (κ2) is 15.4. The molecule has 2 aromatic rings. The predicted octanol–water partition coefficient (Wildman–Crippen LogP) is 0.650. The molecule has 42 heavy (non-hydrogen) atoms. The largest absolute Gasteiger partial charge is 0.497 e. The lowest BCUT2D eigenvalue weighted by atomic mass is 10.0. The van der Waals surface area contributed by atoms with Gasteiger partial charge < -0.3 is 35.6 Å². The van der Waals surface area contributed by atoms with Gasteiger partial charge in [-0.15, -0.1) is 0 Å². The molecule has 1 aliphatic rings. The van der Waals surface area contributed by atoms with Crippen molar-refractivity contribution in [3.8, 4) is 11.5 Å². The highest BCUT2D eigenvalue weighted by molar-refractivity contribution is 6.01. The second-order valence-electron chi connectivity index (χ2n) is 10.3. The molecule has 12 nitrogen and oxygen atoms in total. The van der Waals surface area contributed by atoms with Gasteiger partial charge in [0.25, 0.3) is 5.91 Å². The van der Waals surface area contributed by atoms with Crippen LogP contribution in [0.25, 0.3) is 0 Å². The molecule has 1 aliphatic heterocycles. The quantitative estimate of drug-likeness (QED) is 0.391. The van der Waals surface area contributed by atoms with Gasteiger partial charge in [0.05, 0.1) is 32.2 Å². The van der Waals surface area contributed by atoms with E-state index >= 15 is 0 Å². The number of nitrogens with one attached hydrogen (secondary N) is 4. The zero-order valence-electron chi connectivity index (χ0n) is 24.4. The molecule has 0 spiro atoms. The number of hydrogen-bond acceptors (Lipinski definition) is 7. The number of carbonyl (C=O) groups is 5. The van der Waals surface area contributed by atoms with E-state index in [0.29, 0.717) is 6.42 Å². The van der Waals surface area contributed by atoms with E-state index in [1.807, 2.05) is 24.3 Å². The van der Waals surface area contributed by atoms with E-state index in [2.05, 4.69) is 21.3 Å². The molecule has 5 amide bonds. The summed E-state index contributed by atoms with van der Waals surface area (Å²) in [5.74, 6) is -1.86. The number of carbonyl (C=O) groups excluding carboxylic acids is 5. The number of benzene rings is 2. The Morgan fingerprint density at radius 1 is 1.07 bits per heavy atom. The summed E-state index contributed by atoms with van der Waals surface area (Å²) in [6.45, 7) is 3.71. The van der Waals surface area contributed by atoms with Crippen LogP contribution in [0.15, 0.2) is 48.5 Å². The zero-order chi connectivity index (χ0) is 30.6. The highest BCUT2D eigenvalue weighted by atomic mass is 16.5. The minimum atomic E-state index is -1.22. The maximum absolute atomic E-state index is 13.3. The Kier molecular flexibility index (Phi) is 11.7. The smallest absolute Gasteiger partial charge is 0.255 e. The monoisotopic (exact) mass is 581 g/mol. The summed E-state index contributed by atoms with van der Waals surface area (Å²) >= 11 is 0. The fraction of sp³-hybridized carbons (Fsp3) is 0.433. The molecule has 4 N–H and O–H groups in total. The van der Waals surface area contributed by atoms with E-state index in [9.17, 15) is 24.0 Å². The normalized spacial score (nSPS) is 19.0. The molecule has 0 bridgehead atoms. The lowest BCUT2D eigenvalue weighted by molar-refractivity contribution is -0.137. The average Bonchev–Trinajstić information content (AvgIpc) is 2.97. The van der Waals surface area contributed by atoms with Crippen molar-refractivity contribution in [2.45, 2.75) is 38.8 Å². The van der Waals surface area contributed by atoms with Crippen molar-refractivity contribution in [3.05, 3.63) is 59.7 Å². The first-order valence-corrected chi connectivity index (χ1v) is 13.8. The number of methoxy groups -OCH3 is 1. The van der Waals surface area contributed by atoms with Crippen LogP contribution < -0.4 is 30.7 Å². The van der Waals surface area contributed by atoms with Crippen molar-refractivity contribution in [1.29, 1.82) is 0 Å². The van der Waals surface area contributed by atoms with Crippen LogP contribution in [0.3, 0.4) is 0 Å². The van der Waals surface area contributed by atoms with Crippen LogP contribution in [0, 0.1) is 5.92 Å². The van der Waals surface area contributed by atoms with Crippen molar-refractivity contribution >= 4 is 29.5 Å². The van der Waals surface area contributed by atoms with Gasteiger partial charge in [-0.3, -0.25) is 24.0 Å². The molecule has 0 unspecified atom stereocenters. The van der Waals surface area contributed by atoms with Crippen LogP contribution in [0.4, 0.5) is 0 Å².